The van der Waals surface area contributed by atoms with E-state index < -0.39 is 14.0 Å². The minimum atomic E-state index is -1.81. The summed E-state index contributed by atoms with van der Waals surface area (Å²) in [6.45, 7) is 13.5. The molecule has 0 aliphatic heterocycles. The molecule has 0 aromatic rings. The minimum Gasteiger partial charge on any atom is -0.481 e. The summed E-state index contributed by atoms with van der Waals surface area (Å²) in [6, 6.07) is 0. The van der Waals surface area contributed by atoms with Crippen molar-refractivity contribution in [2.45, 2.75) is 76.0 Å². The molecule has 0 heterocycles. The van der Waals surface area contributed by atoms with E-state index >= 15 is 0 Å². The van der Waals surface area contributed by atoms with Crippen LogP contribution in [0.15, 0.2) is 0 Å². The third-order valence-corrected chi connectivity index (χ3v) is 13.0. The number of carboxylic acid groups (broad SMARTS) is 1. The van der Waals surface area contributed by atoms with Gasteiger partial charge in [0.2, 0.25) is 0 Å². The molecule has 2 nitrogen and oxygen atoms in total. The van der Waals surface area contributed by atoms with Crippen LogP contribution in [-0.2, 0) is 4.79 Å². The van der Waals surface area contributed by atoms with E-state index in [4.69, 9.17) is 0 Å². The van der Waals surface area contributed by atoms with E-state index in [0.717, 1.165) is 12.8 Å². The number of rotatable bonds is 5. The van der Waals surface area contributed by atoms with Gasteiger partial charge in [-0.2, -0.15) is 0 Å². The zero-order valence-electron chi connectivity index (χ0n) is 11.5. The third kappa shape index (κ3) is 1.55. The lowest BCUT2D eigenvalue weighted by Gasteiger charge is -2.48. The fourth-order valence-corrected chi connectivity index (χ4v) is 13.3. The van der Waals surface area contributed by atoms with Gasteiger partial charge < -0.3 is 5.11 Å². The predicted molar refractivity (Wildman–Crippen MR) is 70.6 cm³/mol. The van der Waals surface area contributed by atoms with Crippen molar-refractivity contribution >= 4 is 14.0 Å². The molecule has 3 heteroatoms. The average molecular weight is 242 g/mol. The summed E-state index contributed by atoms with van der Waals surface area (Å²) >= 11 is 0. The Kier molecular flexibility index (Phi) is 3.58. The maximum atomic E-state index is 11.7. The van der Waals surface area contributed by atoms with Crippen molar-refractivity contribution in [1.29, 1.82) is 0 Å². The summed E-state index contributed by atoms with van der Waals surface area (Å²) in [7, 11) is -1.81. The standard InChI is InChI=1S/C13H26O2Si/c1-9(2)16(10(3)4,11(5)6)13(7-8-13)12(14)15/h9-11H,7-8H2,1-6H3,(H,14,15). The number of aliphatic carboxylic acids is 1. The molecule has 1 aliphatic rings. The van der Waals surface area contributed by atoms with Gasteiger partial charge in [0.15, 0.2) is 0 Å². The van der Waals surface area contributed by atoms with Crippen LogP contribution in [0.5, 0.6) is 0 Å². The molecule has 0 unspecified atom stereocenters. The maximum Gasteiger partial charge on any atom is 0.306 e. The summed E-state index contributed by atoms with van der Waals surface area (Å²) in [4.78, 5) is 11.7. The lowest BCUT2D eigenvalue weighted by molar-refractivity contribution is -0.138. The molecule has 0 aromatic carbocycles. The highest BCUT2D eigenvalue weighted by Crippen LogP contribution is 2.70. The lowest BCUT2D eigenvalue weighted by atomic mass is 10.4. The van der Waals surface area contributed by atoms with Gasteiger partial charge in [-0.15, -0.1) is 0 Å². The number of carbonyl (C=O) groups is 1. The molecule has 0 aromatic heterocycles. The monoisotopic (exact) mass is 242 g/mol. The van der Waals surface area contributed by atoms with E-state index in [0.29, 0.717) is 16.6 Å². The van der Waals surface area contributed by atoms with Crippen molar-refractivity contribution < 1.29 is 9.90 Å². The summed E-state index contributed by atoms with van der Waals surface area (Å²) in [6.07, 6.45) is 1.84. The summed E-state index contributed by atoms with van der Waals surface area (Å²) in [5.41, 5.74) is 1.64. The van der Waals surface area contributed by atoms with E-state index in [-0.39, 0.29) is 5.04 Å². The number of hydrogen-bond donors (Lipinski definition) is 1. The largest absolute Gasteiger partial charge is 0.481 e. The minimum absolute atomic E-state index is 0.316. The van der Waals surface area contributed by atoms with Crippen LogP contribution in [0, 0.1) is 0 Å². The molecule has 1 rings (SSSR count). The van der Waals surface area contributed by atoms with E-state index in [2.05, 4.69) is 41.5 Å². The first-order valence-corrected chi connectivity index (χ1v) is 8.70. The van der Waals surface area contributed by atoms with Crippen LogP contribution < -0.4 is 0 Å². The highest BCUT2D eigenvalue weighted by molar-refractivity contribution is 6.89. The number of hydrogen-bond acceptors (Lipinski definition) is 1. The smallest absolute Gasteiger partial charge is 0.306 e. The Morgan fingerprint density at radius 1 is 1.00 bits per heavy atom. The van der Waals surface area contributed by atoms with Gasteiger partial charge in [-0.3, -0.25) is 4.79 Å². The van der Waals surface area contributed by atoms with Crippen molar-refractivity contribution in [2.75, 3.05) is 0 Å². The highest BCUT2D eigenvalue weighted by Gasteiger charge is 2.68. The summed E-state index contributed by atoms with van der Waals surface area (Å²) in [5, 5.41) is 9.30. The second-order valence-corrected chi connectivity index (χ2v) is 12.6. The van der Waals surface area contributed by atoms with Gasteiger partial charge in [-0.1, -0.05) is 41.5 Å². The molecule has 0 radical (unpaired) electrons. The Bertz CT molecular complexity index is 256. The summed E-state index contributed by atoms with van der Waals surface area (Å²) < 4.78 is 0. The van der Waals surface area contributed by atoms with Crippen molar-refractivity contribution in [3.63, 3.8) is 0 Å². The van der Waals surface area contributed by atoms with Gasteiger partial charge in [0.05, 0.1) is 13.1 Å². The van der Waals surface area contributed by atoms with Gasteiger partial charge in [-0.25, -0.2) is 0 Å². The van der Waals surface area contributed by atoms with E-state index in [1.54, 1.807) is 0 Å². The van der Waals surface area contributed by atoms with Crippen LogP contribution in [0.25, 0.3) is 0 Å². The molecule has 0 bridgehead atoms. The topological polar surface area (TPSA) is 37.3 Å². The van der Waals surface area contributed by atoms with Crippen LogP contribution in [0.2, 0.25) is 21.7 Å². The molecule has 0 atom stereocenters. The van der Waals surface area contributed by atoms with Gasteiger partial charge >= 0.3 is 5.97 Å². The molecule has 0 amide bonds. The Hall–Kier alpha value is -0.313. The molecule has 1 aliphatic carbocycles. The molecular formula is C13H26O2Si. The zero-order chi connectivity index (χ0) is 12.7. The zero-order valence-corrected chi connectivity index (χ0v) is 12.5. The third-order valence-electron chi connectivity index (χ3n) is 4.85. The molecule has 1 N–H and O–H groups in total. The molecule has 0 saturated heterocycles. The van der Waals surface area contributed by atoms with Crippen LogP contribution in [0.3, 0.4) is 0 Å². The van der Waals surface area contributed by atoms with Crippen molar-refractivity contribution in [1.82, 2.24) is 0 Å². The molecule has 1 fully saturated rings. The Labute approximate surface area is 100 Å². The summed E-state index contributed by atoms with van der Waals surface area (Å²) in [5.74, 6) is -0.518. The first-order valence-electron chi connectivity index (χ1n) is 6.46. The molecular weight excluding hydrogens is 216 g/mol. The molecule has 94 valence electrons. The Morgan fingerprint density at radius 2 is 1.31 bits per heavy atom. The quantitative estimate of drug-likeness (QED) is 0.730. The first-order chi connectivity index (χ1) is 7.23. The van der Waals surface area contributed by atoms with Gasteiger partial charge in [0.25, 0.3) is 0 Å². The molecule has 0 spiro atoms. The van der Waals surface area contributed by atoms with Crippen molar-refractivity contribution in [2.24, 2.45) is 0 Å². The second kappa shape index (κ2) is 4.17. The van der Waals surface area contributed by atoms with E-state index in [1.807, 2.05) is 0 Å². The predicted octanol–water partition coefficient (Wildman–Crippen LogP) is 4.28. The van der Waals surface area contributed by atoms with Crippen LogP contribution in [0.1, 0.15) is 54.4 Å². The fraction of sp³-hybridized carbons (Fsp3) is 0.923. The van der Waals surface area contributed by atoms with Gasteiger partial charge in [0, 0.05) is 0 Å². The van der Waals surface area contributed by atoms with Crippen LogP contribution in [-0.4, -0.2) is 19.1 Å². The second-order valence-electron chi connectivity index (χ2n) is 6.28. The Morgan fingerprint density at radius 3 is 1.38 bits per heavy atom. The Balaban J connectivity index is 3.28. The van der Waals surface area contributed by atoms with Crippen LogP contribution >= 0.6 is 0 Å². The first kappa shape index (κ1) is 13.8. The SMILES string of the molecule is CC(C)[Si](C(C)C)(C(C)C)C1(C(=O)O)CC1. The fourth-order valence-electron chi connectivity index (χ4n) is 4.61. The van der Waals surface area contributed by atoms with E-state index in [9.17, 15) is 9.90 Å². The maximum absolute atomic E-state index is 11.7. The highest BCUT2D eigenvalue weighted by atomic mass is 28.3. The van der Waals surface area contributed by atoms with Crippen molar-refractivity contribution in [3.05, 3.63) is 0 Å². The van der Waals surface area contributed by atoms with Crippen molar-refractivity contribution in [3.8, 4) is 0 Å². The molecule has 1 saturated carbocycles. The van der Waals surface area contributed by atoms with Crippen LogP contribution in [0.4, 0.5) is 0 Å². The molecule has 16 heavy (non-hydrogen) atoms. The van der Waals surface area contributed by atoms with Gasteiger partial charge in [0.1, 0.15) is 0 Å². The average Bonchev–Trinajstić information content (AvgIpc) is 2.83. The van der Waals surface area contributed by atoms with E-state index in [1.165, 1.54) is 0 Å². The normalized spacial score (nSPS) is 19.6. The lowest BCUT2D eigenvalue weighted by Crippen LogP contribution is -2.52. The van der Waals surface area contributed by atoms with Gasteiger partial charge in [-0.05, 0) is 29.5 Å². The number of carboxylic acids is 1.